The van der Waals surface area contributed by atoms with E-state index >= 15 is 0 Å². The van der Waals surface area contributed by atoms with Crippen molar-refractivity contribution in [3.8, 4) is 5.75 Å². The molecule has 2 rings (SSSR count). The van der Waals surface area contributed by atoms with Crippen molar-refractivity contribution < 1.29 is 9.47 Å². The van der Waals surface area contributed by atoms with Gasteiger partial charge in [-0.25, -0.2) is 0 Å². The molecule has 23 heavy (non-hydrogen) atoms. The molecular formula is C18H31N3O2. The van der Waals surface area contributed by atoms with Gasteiger partial charge in [0.15, 0.2) is 0 Å². The SMILES string of the molecule is CCCOc1ccc(CCCNCCN2CCOCC2)cc1N. The molecule has 0 saturated carbocycles. The summed E-state index contributed by atoms with van der Waals surface area (Å²) in [7, 11) is 0. The van der Waals surface area contributed by atoms with Gasteiger partial charge in [-0.2, -0.15) is 0 Å². The number of nitrogens with zero attached hydrogens (tertiary/aromatic N) is 1. The number of nitrogens with one attached hydrogen (secondary N) is 1. The second-order valence-corrected chi connectivity index (χ2v) is 6.03. The Morgan fingerprint density at radius 2 is 2.09 bits per heavy atom. The number of ether oxygens (including phenoxy) is 2. The summed E-state index contributed by atoms with van der Waals surface area (Å²) in [6, 6.07) is 6.15. The predicted molar refractivity (Wildman–Crippen MR) is 95.1 cm³/mol. The average molecular weight is 321 g/mol. The molecule has 0 unspecified atom stereocenters. The fraction of sp³-hybridized carbons (Fsp3) is 0.667. The highest BCUT2D eigenvalue weighted by Crippen LogP contribution is 2.23. The largest absolute Gasteiger partial charge is 0.491 e. The van der Waals surface area contributed by atoms with E-state index in [2.05, 4.69) is 23.2 Å². The van der Waals surface area contributed by atoms with Gasteiger partial charge in [-0.1, -0.05) is 13.0 Å². The molecule has 1 aromatic carbocycles. The van der Waals surface area contributed by atoms with Gasteiger partial charge in [-0.3, -0.25) is 4.90 Å². The molecule has 130 valence electrons. The number of anilines is 1. The number of aryl methyl sites for hydroxylation is 1. The molecule has 0 atom stereocenters. The first-order valence-electron chi connectivity index (χ1n) is 8.81. The maximum absolute atomic E-state index is 6.04. The lowest BCUT2D eigenvalue weighted by molar-refractivity contribution is 0.0384. The summed E-state index contributed by atoms with van der Waals surface area (Å²) >= 11 is 0. The zero-order chi connectivity index (χ0) is 16.3. The molecule has 1 heterocycles. The van der Waals surface area contributed by atoms with E-state index in [0.29, 0.717) is 0 Å². The number of hydrogen-bond donors (Lipinski definition) is 2. The van der Waals surface area contributed by atoms with Crippen molar-refractivity contribution in [1.29, 1.82) is 0 Å². The van der Waals surface area contributed by atoms with E-state index in [4.69, 9.17) is 15.2 Å². The first-order chi connectivity index (χ1) is 11.3. The van der Waals surface area contributed by atoms with E-state index in [1.807, 2.05) is 12.1 Å². The minimum absolute atomic E-state index is 0.719. The molecule has 0 radical (unpaired) electrons. The van der Waals surface area contributed by atoms with E-state index in [0.717, 1.165) is 83.2 Å². The number of nitrogens with two attached hydrogens (primary N) is 1. The summed E-state index contributed by atoms with van der Waals surface area (Å²) in [5.74, 6) is 0.805. The van der Waals surface area contributed by atoms with Gasteiger partial charge in [0.25, 0.3) is 0 Å². The molecule has 0 spiro atoms. The molecule has 1 aliphatic heterocycles. The number of nitrogen functional groups attached to an aromatic ring is 1. The lowest BCUT2D eigenvalue weighted by atomic mass is 10.1. The third-order valence-corrected chi connectivity index (χ3v) is 4.06. The predicted octanol–water partition coefficient (Wildman–Crippen LogP) is 1.91. The van der Waals surface area contributed by atoms with Crippen LogP contribution in [-0.4, -0.2) is 57.4 Å². The number of benzene rings is 1. The molecule has 1 aromatic rings. The van der Waals surface area contributed by atoms with Gasteiger partial charge in [0, 0.05) is 26.2 Å². The van der Waals surface area contributed by atoms with Crippen LogP contribution < -0.4 is 15.8 Å². The molecule has 0 aromatic heterocycles. The Balaban J connectivity index is 1.57. The Morgan fingerprint density at radius 3 is 2.83 bits per heavy atom. The molecule has 0 aliphatic carbocycles. The van der Waals surface area contributed by atoms with E-state index in [1.165, 1.54) is 5.56 Å². The monoisotopic (exact) mass is 321 g/mol. The van der Waals surface area contributed by atoms with Gasteiger partial charge < -0.3 is 20.5 Å². The molecule has 0 amide bonds. The minimum Gasteiger partial charge on any atom is -0.491 e. The van der Waals surface area contributed by atoms with Gasteiger partial charge in [0.2, 0.25) is 0 Å². The summed E-state index contributed by atoms with van der Waals surface area (Å²) < 4.78 is 11.0. The van der Waals surface area contributed by atoms with Crippen LogP contribution in [0.4, 0.5) is 5.69 Å². The number of morpholine rings is 1. The van der Waals surface area contributed by atoms with Crippen molar-refractivity contribution in [3.63, 3.8) is 0 Å². The molecule has 1 fully saturated rings. The van der Waals surface area contributed by atoms with Crippen LogP contribution in [0, 0.1) is 0 Å². The van der Waals surface area contributed by atoms with Gasteiger partial charge >= 0.3 is 0 Å². The second kappa shape index (κ2) is 10.5. The lowest BCUT2D eigenvalue weighted by Gasteiger charge is -2.26. The highest BCUT2D eigenvalue weighted by molar-refractivity contribution is 5.54. The topological polar surface area (TPSA) is 59.8 Å². The summed E-state index contributed by atoms with van der Waals surface area (Å²) in [5.41, 5.74) is 8.07. The Kier molecular flexibility index (Phi) is 8.21. The van der Waals surface area contributed by atoms with Gasteiger partial charge in [-0.15, -0.1) is 0 Å². The van der Waals surface area contributed by atoms with E-state index in [9.17, 15) is 0 Å². The van der Waals surface area contributed by atoms with Crippen molar-refractivity contribution in [2.45, 2.75) is 26.2 Å². The Morgan fingerprint density at radius 1 is 1.26 bits per heavy atom. The second-order valence-electron chi connectivity index (χ2n) is 6.03. The Bertz CT molecular complexity index is 448. The molecule has 5 heteroatoms. The average Bonchev–Trinajstić information content (AvgIpc) is 2.58. The fourth-order valence-electron chi connectivity index (χ4n) is 2.70. The lowest BCUT2D eigenvalue weighted by Crippen LogP contribution is -2.40. The normalized spacial score (nSPS) is 15.7. The van der Waals surface area contributed by atoms with Crippen molar-refractivity contribution in [1.82, 2.24) is 10.2 Å². The minimum atomic E-state index is 0.719. The smallest absolute Gasteiger partial charge is 0.142 e. The summed E-state index contributed by atoms with van der Waals surface area (Å²) in [5, 5.41) is 3.52. The Labute approximate surface area is 140 Å². The molecule has 3 N–H and O–H groups in total. The van der Waals surface area contributed by atoms with Gasteiger partial charge in [0.05, 0.1) is 25.5 Å². The molecule has 5 nitrogen and oxygen atoms in total. The summed E-state index contributed by atoms with van der Waals surface area (Å²) in [6.45, 7) is 9.89. The van der Waals surface area contributed by atoms with Crippen LogP contribution >= 0.6 is 0 Å². The van der Waals surface area contributed by atoms with Crippen LogP contribution in [-0.2, 0) is 11.2 Å². The zero-order valence-corrected chi connectivity index (χ0v) is 14.4. The van der Waals surface area contributed by atoms with Crippen molar-refractivity contribution in [2.24, 2.45) is 0 Å². The summed E-state index contributed by atoms with van der Waals surface area (Å²) in [6.07, 6.45) is 3.16. The standard InChI is InChI=1S/C18H31N3O2/c1-2-12-23-18-6-5-16(15-17(18)19)4-3-7-20-8-9-21-10-13-22-14-11-21/h5-6,15,20H,2-4,7-14,19H2,1H3. The van der Waals surface area contributed by atoms with Crippen LogP contribution in [0.1, 0.15) is 25.3 Å². The molecule has 0 bridgehead atoms. The van der Waals surface area contributed by atoms with E-state index in [1.54, 1.807) is 0 Å². The van der Waals surface area contributed by atoms with Crippen LogP contribution in [0.3, 0.4) is 0 Å². The van der Waals surface area contributed by atoms with Gasteiger partial charge in [-0.05, 0) is 43.5 Å². The van der Waals surface area contributed by atoms with Crippen molar-refractivity contribution in [3.05, 3.63) is 23.8 Å². The highest BCUT2D eigenvalue weighted by atomic mass is 16.5. The number of rotatable bonds is 10. The highest BCUT2D eigenvalue weighted by Gasteiger charge is 2.08. The molecule has 1 aliphatic rings. The van der Waals surface area contributed by atoms with Crippen LogP contribution in [0.2, 0.25) is 0 Å². The maximum Gasteiger partial charge on any atom is 0.142 e. The Hall–Kier alpha value is -1.30. The van der Waals surface area contributed by atoms with E-state index in [-0.39, 0.29) is 0 Å². The third kappa shape index (κ3) is 6.77. The fourth-order valence-corrected chi connectivity index (χ4v) is 2.70. The van der Waals surface area contributed by atoms with Crippen molar-refractivity contribution >= 4 is 5.69 Å². The van der Waals surface area contributed by atoms with Crippen LogP contribution in [0.25, 0.3) is 0 Å². The quantitative estimate of drug-likeness (QED) is 0.509. The number of hydrogen-bond acceptors (Lipinski definition) is 5. The zero-order valence-electron chi connectivity index (χ0n) is 14.4. The first-order valence-corrected chi connectivity index (χ1v) is 8.81. The van der Waals surface area contributed by atoms with E-state index < -0.39 is 0 Å². The first kappa shape index (κ1) is 18.0. The van der Waals surface area contributed by atoms with Crippen LogP contribution in [0.15, 0.2) is 18.2 Å². The maximum atomic E-state index is 6.04. The molecule has 1 saturated heterocycles. The van der Waals surface area contributed by atoms with Crippen LogP contribution in [0.5, 0.6) is 5.75 Å². The van der Waals surface area contributed by atoms with Gasteiger partial charge in [0.1, 0.15) is 5.75 Å². The third-order valence-electron chi connectivity index (χ3n) is 4.06. The van der Waals surface area contributed by atoms with Crippen molar-refractivity contribution in [2.75, 3.05) is 58.3 Å². The molecular weight excluding hydrogens is 290 g/mol. The summed E-state index contributed by atoms with van der Waals surface area (Å²) in [4.78, 5) is 2.45.